The molecule has 0 spiro atoms. The molecule has 0 aliphatic heterocycles. The SMILES string of the molecule is O=C(O)c1cc(C#Cc2ccc(C#Cc3ccc4ccc5cccc6ccc3c4c56)cc2)cc(C(=O)O)c1. The van der Waals surface area contributed by atoms with E-state index in [0.29, 0.717) is 11.1 Å². The Morgan fingerprint density at radius 3 is 1.61 bits per heavy atom. The van der Waals surface area contributed by atoms with Crippen LogP contribution in [0.5, 0.6) is 0 Å². The van der Waals surface area contributed by atoms with E-state index in [9.17, 15) is 19.8 Å². The van der Waals surface area contributed by atoms with Gasteiger partial charge < -0.3 is 10.2 Å². The summed E-state index contributed by atoms with van der Waals surface area (Å²) < 4.78 is 0. The predicted molar refractivity (Wildman–Crippen MR) is 149 cm³/mol. The maximum atomic E-state index is 11.3. The van der Waals surface area contributed by atoms with E-state index < -0.39 is 11.9 Å². The molecular formula is C34H18O4. The Bertz CT molecular complexity index is 1980. The smallest absolute Gasteiger partial charge is 0.335 e. The van der Waals surface area contributed by atoms with Crippen LogP contribution in [0.15, 0.2) is 97.1 Å². The van der Waals surface area contributed by atoms with E-state index in [0.717, 1.165) is 22.6 Å². The van der Waals surface area contributed by atoms with Gasteiger partial charge in [-0.1, -0.05) is 72.2 Å². The van der Waals surface area contributed by atoms with E-state index in [2.05, 4.69) is 78.3 Å². The predicted octanol–water partition coefficient (Wildman–Crippen LogP) is 6.78. The van der Waals surface area contributed by atoms with E-state index in [1.165, 1.54) is 39.1 Å². The third-order valence-corrected chi connectivity index (χ3v) is 6.53. The Labute approximate surface area is 218 Å². The normalized spacial score (nSPS) is 10.6. The molecule has 0 saturated carbocycles. The standard InChI is InChI=1S/C34H18O4/c35-33(36)28-18-23(19-29(20-28)34(37)38)9-8-21-4-6-22(7-5-21)10-11-24-12-13-27-15-14-25-2-1-3-26-16-17-30(24)32(27)31(25)26/h1-7,12-20H,(H,35,36)(H,37,38). The first kappa shape index (κ1) is 22.9. The first-order valence-corrected chi connectivity index (χ1v) is 11.9. The molecule has 0 bridgehead atoms. The second-order valence-corrected chi connectivity index (χ2v) is 8.96. The highest BCUT2D eigenvalue weighted by atomic mass is 16.4. The van der Waals surface area contributed by atoms with Crippen LogP contribution in [0.1, 0.15) is 43.0 Å². The zero-order chi connectivity index (χ0) is 26.2. The highest BCUT2D eigenvalue weighted by Crippen LogP contribution is 2.35. The molecule has 2 N–H and O–H groups in total. The van der Waals surface area contributed by atoms with Gasteiger partial charge >= 0.3 is 11.9 Å². The van der Waals surface area contributed by atoms with Gasteiger partial charge in [-0.05, 0) is 80.8 Å². The third kappa shape index (κ3) is 4.17. The van der Waals surface area contributed by atoms with Gasteiger partial charge in [0.1, 0.15) is 0 Å². The van der Waals surface area contributed by atoms with Crippen molar-refractivity contribution in [2.45, 2.75) is 0 Å². The van der Waals surface area contributed by atoms with Crippen LogP contribution in [-0.2, 0) is 0 Å². The van der Waals surface area contributed by atoms with Crippen molar-refractivity contribution < 1.29 is 19.8 Å². The molecular weight excluding hydrogens is 472 g/mol. The van der Waals surface area contributed by atoms with Gasteiger partial charge in [0.2, 0.25) is 0 Å². The van der Waals surface area contributed by atoms with Crippen LogP contribution in [0, 0.1) is 23.7 Å². The molecule has 0 atom stereocenters. The van der Waals surface area contributed by atoms with Gasteiger partial charge in [0.05, 0.1) is 11.1 Å². The van der Waals surface area contributed by atoms with Crippen LogP contribution in [0.4, 0.5) is 0 Å². The molecule has 0 aliphatic carbocycles. The van der Waals surface area contributed by atoms with Crippen molar-refractivity contribution in [1.82, 2.24) is 0 Å². The summed E-state index contributed by atoms with van der Waals surface area (Å²) in [5.74, 6) is 9.99. The molecule has 6 aromatic carbocycles. The first-order valence-electron chi connectivity index (χ1n) is 11.9. The highest BCUT2D eigenvalue weighted by Gasteiger charge is 2.11. The van der Waals surface area contributed by atoms with Crippen molar-refractivity contribution in [3.05, 3.63) is 130 Å². The topological polar surface area (TPSA) is 74.6 Å². The molecule has 0 radical (unpaired) electrons. The molecule has 4 heteroatoms. The second-order valence-electron chi connectivity index (χ2n) is 8.96. The Hall–Kier alpha value is -5.58. The molecule has 0 fully saturated rings. The number of carboxylic acids is 2. The largest absolute Gasteiger partial charge is 0.478 e. The summed E-state index contributed by atoms with van der Waals surface area (Å²) in [5.41, 5.74) is 2.59. The minimum Gasteiger partial charge on any atom is -0.478 e. The van der Waals surface area contributed by atoms with Crippen molar-refractivity contribution in [2.24, 2.45) is 0 Å². The fraction of sp³-hybridized carbons (Fsp3) is 0. The summed E-state index contributed by atoms with van der Waals surface area (Å²) in [6, 6.07) is 30.4. The Morgan fingerprint density at radius 1 is 0.500 bits per heavy atom. The monoisotopic (exact) mass is 490 g/mol. The number of carboxylic acid groups (broad SMARTS) is 2. The van der Waals surface area contributed by atoms with Crippen LogP contribution >= 0.6 is 0 Å². The number of hydrogen-bond acceptors (Lipinski definition) is 2. The number of carbonyl (C=O) groups is 2. The van der Waals surface area contributed by atoms with Gasteiger partial charge in [0.15, 0.2) is 0 Å². The average molecular weight is 491 g/mol. The summed E-state index contributed by atoms with van der Waals surface area (Å²) in [7, 11) is 0. The average Bonchev–Trinajstić information content (AvgIpc) is 2.94. The molecule has 0 saturated heterocycles. The van der Waals surface area contributed by atoms with Gasteiger partial charge in [-0.3, -0.25) is 0 Å². The van der Waals surface area contributed by atoms with Crippen LogP contribution in [0.2, 0.25) is 0 Å². The molecule has 6 aromatic rings. The molecule has 0 unspecified atom stereocenters. The van der Waals surface area contributed by atoms with Gasteiger partial charge in [-0.2, -0.15) is 0 Å². The summed E-state index contributed by atoms with van der Waals surface area (Å²) in [5, 5.41) is 25.7. The van der Waals surface area contributed by atoms with Crippen molar-refractivity contribution in [2.75, 3.05) is 0 Å². The van der Waals surface area contributed by atoms with Gasteiger partial charge in [-0.15, -0.1) is 0 Å². The van der Waals surface area contributed by atoms with Crippen molar-refractivity contribution in [3.63, 3.8) is 0 Å². The lowest BCUT2D eigenvalue weighted by Crippen LogP contribution is -2.03. The van der Waals surface area contributed by atoms with Gasteiger partial charge in [0, 0.05) is 22.3 Å². The second kappa shape index (κ2) is 9.13. The lowest BCUT2D eigenvalue weighted by atomic mass is 9.92. The van der Waals surface area contributed by atoms with Crippen LogP contribution in [0.3, 0.4) is 0 Å². The van der Waals surface area contributed by atoms with Crippen molar-refractivity contribution >= 4 is 44.3 Å². The summed E-state index contributed by atoms with van der Waals surface area (Å²) in [4.78, 5) is 22.6. The van der Waals surface area contributed by atoms with E-state index >= 15 is 0 Å². The molecule has 0 aliphatic rings. The highest BCUT2D eigenvalue weighted by molar-refractivity contribution is 6.23. The van der Waals surface area contributed by atoms with Crippen molar-refractivity contribution in [1.29, 1.82) is 0 Å². The molecule has 38 heavy (non-hydrogen) atoms. The minimum absolute atomic E-state index is 0.119. The zero-order valence-corrected chi connectivity index (χ0v) is 19.9. The van der Waals surface area contributed by atoms with Crippen LogP contribution < -0.4 is 0 Å². The van der Waals surface area contributed by atoms with E-state index in [1.807, 2.05) is 24.3 Å². The summed E-state index contributed by atoms with van der Waals surface area (Å²) in [6.45, 7) is 0. The number of rotatable bonds is 2. The maximum Gasteiger partial charge on any atom is 0.335 e. The Kier molecular flexibility index (Phi) is 5.49. The van der Waals surface area contributed by atoms with E-state index in [-0.39, 0.29) is 11.1 Å². The molecule has 0 heterocycles. The number of hydrogen-bond donors (Lipinski definition) is 2. The fourth-order valence-electron chi connectivity index (χ4n) is 4.71. The number of benzene rings is 6. The zero-order valence-electron chi connectivity index (χ0n) is 19.9. The van der Waals surface area contributed by atoms with Crippen LogP contribution in [0.25, 0.3) is 32.3 Å². The molecule has 0 aromatic heterocycles. The number of aromatic carboxylic acids is 2. The van der Waals surface area contributed by atoms with Crippen LogP contribution in [-0.4, -0.2) is 22.2 Å². The van der Waals surface area contributed by atoms with E-state index in [1.54, 1.807) is 0 Å². The summed E-state index contributed by atoms with van der Waals surface area (Å²) in [6.07, 6.45) is 0. The lowest BCUT2D eigenvalue weighted by molar-refractivity contribution is 0.0696. The molecule has 178 valence electrons. The molecule has 6 rings (SSSR count). The first-order chi connectivity index (χ1) is 18.5. The minimum atomic E-state index is -1.20. The summed E-state index contributed by atoms with van der Waals surface area (Å²) >= 11 is 0. The van der Waals surface area contributed by atoms with E-state index in [4.69, 9.17) is 0 Å². The molecule has 4 nitrogen and oxygen atoms in total. The van der Waals surface area contributed by atoms with Gasteiger partial charge in [-0.25, -0.2) is 9.59 Å². The van der Waals surface area contributed by atoms with Crippen molar-refractivity contribution in [3.8, 4) is 23.7 Å². The Morgan fingerprint density at radius 2 is 1.00 bits per heavy atom. The fourth-order valence-corrected chi connectivity index (χ4v) is 4.71. The van der Waals surface area contributed by atoms with Gasteiger partial charge in [0.25, 0.3) is 0 Å². The maximum absolute atomic E-state index is 11.3. The molecule has 0 amide bonds. The lowest BCUT2D eigenvalue weighted by Gasteiger charge is -2.11. The quantitative estimate of drug-likeness (QED) is 0.207. The third-order valence-electron chi connectivity index (χ3n) is 6.53. The Balaban J connectivity index is 1.31.